The number of hydrogen-bond acceptors (Lipinski definition) is 4. The van der Waals surface area contributed by atoms with Crippen LogP contribution in [0.2, 0.25) is 0 Å². The van der Waals surface area contributed by atoms with E-state index in [4.69, 9.17) is 4.74 Å². The molecular weight excluding hydrogens is 290 g/mol. The van der Waals surface area contributed by atoms with Crippen LogP contribution < -0.4 is 4.74 Å². The zero-order valence-corrected chi connectivity index (χ0v) is 13.6. The summed E-state index contributed by atoms with van der Waals surface area (Å²) in [5, 5.41) is 8.45. The van der Waals surface area contributed by atoms with Crippen LogP contribution in [-0.4, -0.2) is 27.4 Å². The molecule has 1 atom stereocenters. The molecule has 1 aliphatic heterocycles. The second kappa shape index (κ2) is 7.40. The summed E-state index contributed by atoms with van der Waals surface area (Å²) in [5.41, 5.74) is 2.85. The molecule has 122 valence electrons. The molecule has 1 aliphatic rings. The van der Waals surface area contributed by atoms with Crippen molar-refractivity contribution in [1.82, 2.24) is 15.0 Å². The molecule has 3 rings (SSSR count). The lowest BCUT2D eigenvalue weighted by Crippen LogP contribution is -2.21. The lowest BCUT2D eigenvalue weighted by molar-refractivity contribution is 0.112. The van der Waals surface area contributed by atoms with Crippen molar-refractivity contribution in [3.05, 3.63) is 41.2 Å². The van der Waals surface area contributed by atoms with Crippen molar-refractivity contribution >= 4 is 6.29 Å². The Kier molecular flexibility index (Phi) is 5.05. The molecule has 5 heteroatoms. The summed E-state index contributed by atoms with van der Waals surface area (Å²) in [5.74, 6) is 0.875. The molecule has 23 heavy (non-hydrogen) atoms. The molecule has 0 amide bonds. The third-order valence-corrected chi connectivity index (χ3v) is 4.23. The number of aromatic nitrogens is 3. The van der Waals surface area contributed by atoms with Crippen LogP contribution in [0.1, 0.15) is 54.2 Å². The molecule has 5 nitrogen and oxygen atoms in total. The number of carbonyl (C=O) groups is 1. The van der Waals surface area contributed by atoms with Crippen molar-refractivity contribution in [2.45, 2.75) is 58.1 Å². The SMILES string of the molecule is CCCCCCc1cn(CC2Cc3cc(C=O)ccc3O2)nn1. The number of carbonyl (C=O) groups excluding carboxylic acids is 1. The minimum absolute atomic E-state index is 0.0570. The van der Waals surface area contributed by atoms with Gasteiger partial charge in [0.2, 0.25) is 0 Å². The maximum absolute atomic E-state index is 10.8. The van der Waals surface area contributed by atoms with Gasteiger partial charge in [0.25, 0.3) is 0 Å². The van der Waals surface area contributed by atoms with Gasteiger partial charge in [-0.25, -0.2) is 4.68 Å². The van der Waals surface area contributed by atoms with Crippen LogP contribution in [0.25, 0.3) is 0 Å². The number of benzene rings is 1. The fourth-order valence-electron chi connectivity index (χ4n) is 3.00. The molecule has 1 aromatic carbocycles. The lowest BCUT2D eigenvalue weighted by Gasteiger charge is -2.09. The fraction of sp³-hybridized carbons (Fsp3) is 0.500. The van der Waals surface area contributed by atoms with Gasteiger partial charge >= 0.3 is 0 Å². The first kappa shape index (κ1) is 15.7. The normalized spacial score (nSPS) is 16.1. The third kappa shape index (κ3) is 3.97. The summed E-state index contributed by atoms with van der Waals surface area (Å²) in [4.78, 5) is 10.8. The molecule has 0 saturated carbocycles. The van der Waals surface area contributed by atoms with Gasteiger partial charge in [-0.05, 0) is 36.6 Å². The van der Waals surface area contributed by atoms with Gasteiger partial charge in [0, 0.05) is 18.2 Å². The number of unbranched alkanes of at least 4 members (excludes halogenated alkanes) is 3. The monoisotopic (exact) mass is 313 g/mol. The van der Waals surface area contributed by atoms with Crippen molar-refractivity contribution in [2.24, 2.45) is 0 Å². The maximum Gasteiger partial charge on any atom is 0.150 e. The van der Waals surface area contributed by atoms with Crippen LogP contribution in [0.5, 0.6) is 5.75 Å². The van der Waals surface area contributed by atoms with Crippen LogP contribution in [0.3, 0.4) is 0 Å². The van der Waals surface area contributed by atoms with Crippen molar-refractivity contribution in [1.29, 1.82) is 0 Å². The van der Waals surface area contributed by atoms with Crippen molar-refractivity contribution in [3.63, 3.8) is 0 Å². The number of rotatable bonds is 8. The van der Waals surface area contributed by atoms with Gasteiger partial charge in [-0.1, -0.05) is 31.4 Å². The number of aryl methyl sites for hydroxylation is 1. The van der Waals surface area contributed by atoms with Crippen LogP contribution >= 0.6 is 0 Å². The highest BCUT2D eigenvalue weighted by atomic mass is 16.5. The summed E-state index contributed by atoms with van der Waals surface area (Å²) in [6.07, 6.45) is 9.71. The van der Waals surface area contributed by atoms with Crippen molar-refractivity contribution in [2.75, 3.05) is 0 Å². The van der Waals surface area contributed by atoms with Crippen LogP contribution in [0.15, 0.2) is 24.4 Å². The maximum atomic E-state index is 10.8. The van der Waals surface area contributed by atoms with E-state index in [0.717, 1.165) is 36.1 Å². The van der Waals surface area contributed by atoms with Gasteiger partial charge in [-0.2, -0.15) is 0 Å². The smallest absolute Gasteiger partial charge is 0.150 e. The van der Waals surface area contributed by atoms with Crippen molar-refractivity contribution < 1.29 is 9.53 Å². The number of aldehydes is 1. The molecule has 2 heterocycles. The molecule has 0 spiro atoms. The van der Waals surface area contributed by atoms with E-state index >= 15 is 0 Å². The van der Waals surface area contributed by atoms with Crippen LogP contribution in [0, 0.1) is 0 Å². The zero-order valence-electron chi connectivity index (χ0n) is 13.6. The van der Waals surface area contributed by atoms with E-state index in [0.29, 0.717) is 12.1 Å². The number of nitrogens with zero attached hydrogens (tertiary/aromatic N) is 3. The second-order valence-corrected chi connectivity index (χ2v) is 6.17. The zero-order chi connectivity index (χ0) is 16.1. The summed E-state index contributed by atoms with van der Waals surface area (Å²) in [6, 6.07) is 5.57. The van der Waals surface area contributed by atoms with Gasteiger partial charge in [-0.15, -0.1) is 5.10 Å². The molecule has 1 unspecified atom stereocenters. The summed E-state index contributed by atoms with van der Waals surface area (Å²) >= 11 is 0. The fourth-order valence-corrected chi connectivity index (χ4v) is 3.00. The molecule has 0 saturated heterocycles. The summed E-state index contributed by atoms with van der Waals surface area (Å²) < 4.78 is 7.80. The van der Waals surface area contributed by atoms with E-state index in [9.17, 15) is 4.79 Å². The van der Waals surface area contributed by atoms with Gasteiger partial charge in [0.1, 0.15) is 18.1 Å². The first-order chi connectivity index (χ1) is 11.3. The second-order valence-electron chi connectivity index (χ2n) is 6.17. The van der Waals surface area contributed by atoms with E-state index in [1.807, 2.05) is 23.0 Å². The number of ether oxygens (including phenoxy) is 1. The van der Waals surface area contributed by atoms with Crippen LogP contribution in [-0.2, 0) is 19.4 Å². The molecule has 0 aliphatic carbocycles. The predicted molar refractivity (Wildman–Crippen MR) is 87.8 cm³/mol. The number of fused-ring (bicyclic) bond motifs is 1. The van der Waals surface area contributed by atoms with Crippen molar-refractivity contribution in [3.8, 4) is 5.75 Å². The number of hydrogen-bond donors (Lipinski definition) is 0. The predicted octanol–water partition coefficient (Wildman–Crippen LogP) is 3.22. The topological polar surface area (TPSA) is 57.0 Å². The van der Waals surface area contributed by atoms with E-state index in [1.54, 1.807) is 6.07 Å². The van der Waals surface area contributed by atoms with E-state index in [-0.39, 0.29) is 6.10 Å². The van der Waals surface area contributed by atoms with Gasteiger partial charge < -0.3 is 4.74 Å². The minimum Gasteiger partial charge on any atom is -0.488 e. The molecule has 0 fully saturated rings. The Bertz CT molecular complexity index is 666. The Labute approximate surface area is 136 Å². The van der Waals surface area contributed by atoms with Gasteiger partial charge in [0.05, 0.1) is 12.2 Å². The average Bonchev–Trinajstić information content (AvgIpc) is 3.17. The highest BCUT2D eigenvalue weighted by Crippen LogP contribution is 2.29. The first-order valence-corrected chi connectivity index (χ1v) is 8.42. The lowest BCUT2D eigenvalue weighted by atomic mass is 10.1. The molecule has 2 aromatic rings. The van der Waals surface area contributed by atoms with E-state index < -0.39 is 0 Å². The Morgan fingerprint density at radius 3 is 3.09 bits per heavy atom. The standard InChI is InChI=1S/C18H23N3O2/c1-2-3-4-5-6-16-11-21(20-19-16)12-17-10-15-9-14(13-22)7-8-18(15)23-17/h7-9,11,13,17H,2-6,10,12H2,1H3. The highest BCUT2D eigenvalue weighted by Gasteiger charge is 2.23. The van der Waals surface area contributed by atoms with E-state index in [1.165, 1.54) is 25.7 Å². The Morgan fingerprint density at radius 2 is 2.26 bits per heavy atom. The minimum atomic E-state index is 0.0570. The highest BCUT2D eigenvalue weighted by molar-refractivity contribution is 5.75. The van der Waals surface area contributed by atoms with Gasteiger partial charge in [0.15, 0.2) is 0 Å². The molecule has 1 aromatic heterocycles. The van der Waals surface area contributed by atoms with Gasteiger partial charge in [-0.3, -0.25) is 4.79 Å². The third-order valence-electron chi connectivity index (χ3n) is 4.23. The summed E-state index contributed by atoms with van der Waals surface area (Å²) in [7, 11) is 0. The summed E-state index contributed by atoms with van der Waals surface area (Å²) in [6.45, 7) is 2.90. The quantitative estimate of drug-likeness (QED) is 0.554. The molecule has 0 N–H and O–H groups in total. The Balaban J connectivity index is 1.53. The molecule has 0 radical (unpaired) electrons. The largest absolute Gasteiger partial charge is 0.488 e. The first-order valence-electron chi connectivity index (χ1n) is 8.42. The average molecular weight is 313 g/mol. The van der Waals surface area contributed by atoms with E-state index in [2.05, 4.69) is 17.2 Å². The van der Waals surface area contributed by atoms with Crippen LogP contribution in [0.4, 0.5) is 0 Å². The molecular formula is C18H23N3O2. The molecule has 0 bridgehead atoms. The Morgan fingerprint density at radius 1 is 1.35 bits per heavy atom. The Hall–Kier alpha value is -2.17.